The van der Waals surface area contributed by atoms with Crippen LogP contribution < -0.4 is 0 Å². The van der Waals surface area contributed by atoms with Gasteiger partial charge in [-0.2, -0.15) is 0 Å². The molecule has 3 unspecified atom stereocenters. The summed E-state index contributed by atoms with van der Waals surface area (Å²) >= 11 is 3.82. The van der Waals surface area contributed by atoms with Crippen molar-refractivity contribution in [3.8, 4) is 0 Å². The van der Waals surface area contributed by atoms with Gasteiger partial charge in [0.25, 0.3) is 0 Å². The van der Waals surface area contributed by atoms with Gasteiger partial charge in [-0.3, -0.25) is 0 Å². The van der Waals surface area contributed by atoms with Gasteiger partial charge in [-0.1, -0.05) is 60.5 Å². The molecule has 2 rings (SSSR count). The zero-order valence-corrected chi connectivity index (χ0v) is 11.1. The Hall–Kier alpha value is -0.300. The highest BCUT2D eigenvalue weighted by atomic mass is 79.9. The van der Waals surface area contributed by atoms with Gasteiger partial charge in [-0.15, -0.1) is 0 Å². The van der Waals surface area contributed by atoms with Gasteiger partial charge >= 0.3 is 0 Å². The molecule has 1 aromatic carbocycles. The fraction of sp³-hybridized carbons (Fsp3) is 0.571. The van der Waals surface area contributed by atoms with E-state index in [1.807, 2.05) is 0 Å². The summed E-state index contributed by atoms with van der Waals surface area (Å²) in [4.78, 5) is 0.572. The Bertz CT molecular complexity index is 315. The molecule has 0 aliphatic heterocycles. The van der Waals surface area contributed by atoms with E-state index in [0.29, 0.717) is 4.83 Å². The number of hydrogen-bond acceptors (Lipinski definition) is 0. The second kappa shape index (κ2) is 4.69. The fourth-order valence-electron chi connectivity index (χ4n) is 2.16. The van der Waals surface area contributed by atoms with Crippen LogP contribution in [-0.4, -0.2) is 0 Å². The van der Waals surface area contributed by atoms with Crippen LogP contribution in [0.3, 0.4) is 0 Å². The molecular formula is C14H19Br. The van der Waals surface area contributed by atoms with Crippen LogP contribution in [0, 0.1) is 11.8 Å². The summed E-state index contributed by atoms with van der Waals surface area (Å²) in [6.07, 6.45) is 3.82. The molecule has 0 N–H and O–H groups in total. The van der Waals surface area contributed by atoms with E-state index in [-0.39, 0.29) is 0 Å². The van der Waals surface area contributed by atoms with Gasteiger partial charge in [0.15, 0.2) is 0 Å². The molecule has 0 saturated heterocycles. The Morgan fingerprint density at radius 2 is 1.93 bits per heavy atom. The van der Waals surface area contributed by atoms with Crippen molar-refractivity contribution in [2.24, 2.45) is 11.8 Å². The van der Waals surface area contributed by atoms with Crippen LogP contribution in [0.4, 0.5) is 0 Å². The average molecular weight is 267 g/mol. The van der Waals surface area contributed by atoms with Crippen molar-refractivity contribution < 1.29 is 0 Å². The number of benzene rings is 1. The number of hydrogen-bond donors (Lipinski definition) is 0. The number of rotatable bonds is 4. The molecule has 1 fully saturated rings. The normalized spacial score (nSPS) is 26.3. The number of aryl methyl sites for hydroxylation is 1. The first-order valence-electron chi connectivity index (χ1n) is 5.95. The average Bonchev–Trinajstić information content (AvgIpc) is 2.96. The van der Waals surface area contributed by atoms with Crippen LogP contribution in [0.1, 0.15) is 42.6 Å². The molecule has 0 spiro atoms. The highest BCUT2D eigenvalue weighted by molar-refractivity contribution is 9.09. The Balaban J connectivity index is 2.03. The molecule has 0 heterocycles. The lowest BCUT2D eigenvalue weighted by Gasteiger charge is -2.10. The molecule has 1 aliphatic rings. The third-order valence-electron chi connectivity index (χ3n) is 3.38. The number of alkyl halides is 1. The monoisotopic (exact) mass is 266 g/mol. The third kappa shape index (κ3) is 2.63. The quantitative estimate of drug-likeness (QED) is 0.692. The smallest absolute Gasteiger partial charge is 0.0426 e. The van der Waals surface area contributed by atoms with Crippen molar-refractivity contribution >= 4 is 15.9 Å². The maximum Gasteiger partial charge on any atom is 0.0426 e. The van der Waals surface area contributed by atoms with Crippen LogP contribution in [-0.2, 0) is 6.42 Å². The predicted molar refractivity (Wildman–Crippen MR) is 69.4 cm³/mol. The number of halogens is 1. The first kappa shape index (κ1) is 11.2. The van der Waals surface area contributed by atoms with Crippen LogP contribution in [0.2, 0.25) is 0 Å². The maximum absolute atomic E-state index is 3.82. The van der Waals surface area contributed by atoms with Gasteiger partial charge in [0.1, 0.15) is 0 Å². The molecule has 1 aromatic rings. The van der Waals surface area contributed by atoms with E-state index in [4.69, 9.17) is 0 Å². The summed E-state index contributed by atoms with van der Waals surface area (Å²) in [5.74, 6) is 1.77. The van der Waals surface area contributed by atoms with Gasteiger partial charge < -0.3 is 0 Å². The second-order valence-electron chi connectivity index (χ2n) is 4.77. The lowest BCUT2D eigenvalue weighted by molar-refractivity contribution is 0.740. The van der Waals surface area contributed by atoms with Gasteiger partial charge in [-0.05, 0) is 35.8 Å². The van der Waals surface area contributed by atoms with Gasteiger partial charge in [0.05, 0.1) is 0 Å². The van der Waals surface area contributed by atoms with E-state index in [1.165, 1.54) is 30.4 Å². The highest BCUT2D eigenvalue weighted by Crippen LogP contribution is 2.51. The Kier molecular flexibility index (Phi) is 3.50. The van der Waals surface area contributed by atoms with Crippen LogP contribution in [0.25, 0.3) is 0 Å². The van der Waals surface area contributed by atoms with Gasteiger partial charge in [0, 0.05) is 4.83 Å². The third-order valence-corrected chi connectivity index (χ3v) is 4.59. The topological polar surface area (TPSA) is 0 Å². The minimum absolute atomic E-state index is 0.572. The van der Waals surface area contributed by atoms with Crippen LogP contribution in [0.15, 0.2) is 24.3 Å². The molecular weight excluding hydrogens is 248 g/mol. The first-order chi connectivity index (χ1) is 7.22. The summed E-state index contributed by atoms with van der Waals surface area (Å²) in [7, 11) is 0. The maximum atomic E-state index is 3.82. The molecule has 0 bridgehead atoms. The van der Waals surface area contributed by atoms with Crippen molar-refractivity contribution in [2.75, 3.05) is 0 Å². The standard InChI is InChI=1S/C14H19Br/c1-3-4-11-5-7-12(8-6-11)14(15)13-9-10(13)2/h5-8,10,13-14H,3-4,9H2,1-2H3. The van der Waals surface area contributed by atoms with E-state index in [0.717, 1.165) is 11.8 Å². The zero-order valence-electron chi connectivity index (χ0n) is 9.54. The largest absolute Gasteiger partial charge is 0.0836 e. The molecule has 15 heavy (non-hydrogen) atoms. The lowest BCUT2D eigenvalue weighted by Crippen LogP contribution is -1.94. The molecule has 1 aliphatic carbocycles. The Morgan fingerprint density at radius 1 is 1.33 bits per heavy atom. The summed E-state index contributed by atoms with van der Waals surface area (Å²) < 4.78 is 0. The van der Waals surface area contributed by atoms with Crippen molar-refractivity contribution in [2.45, 2.75) is 37.9 Å². The van der Waals surface area contributed by atoms with Crippen LogP contribution >= 0.6 is 15.9 Å². The molecule has 1 heteroatoms. The van der Waals surface area contributed by atoms with Gasteiger partial charge in [0.2, 0.25) is 0 Å². The van der Waals surface area contributed by atoms with Crippen LogP contribution in [0.5, 0.6) is 0 Å². The Labute approximate surface area is 101 Å². The highest BCUT2D eigenvalue weighted by Gasteiger charge is 2.38. The first-order valence-corrected chi connectivity index (χ1v) is 6.87. The molecule has 0 nitrogen and oxygen atoms in total. The summed E-state index contributed by atoms with van der Waals surface area (Å²) in [5.41, 5.74) is 2.91. The molecule has 1 saturated carbocycles. The molecule has 82 valence electrons. The second-order valence-corrected chi connectivity index (χ2v) is 5.76. The minimum atomic E-state index is 0.572. The predicted octanol–water partition coefficient (Wildman–Crippen LogP) is 4.73. The minimum Gasteiger partial charge on any atom is -0.0836 e. The van der Waals surface area contributed by atoms with Crippen molar-refractivity contribution in [1.82, 2.24) is 0 Å². The van der Waals surface area contributed by atoms with Crippen molar-refractivity contribution in [1.29, 1.82) is 0 Å². The van der Waals surface area contributed by atoms with Crippen molar-refractivity contribution in [3.05, 3.63) is 35.4 Å². The van der Waals surface area contributed by atoms with E-state index in [2.05, 4.69) is 54.0 Å². The zero-order chi connectivity index (χ0) is 10.8. The van der Waals surface area contributed by atoms with Gasteiger partial charge in [-0.25, -0.2) is 0 Å². The molecule has 3 atom stereocenters. The fourth-order valence-corrected chi connectivity index (χ4v) is 3.20. The summed E-state index contributed by atoms with van der Waals surface area (Å²) in [6, 6.07) is 9.13. The lowest BCUT2D eigenvalue weighted by atomic mass is 10.0. The SMILES string of the molecule is CCCc1ccc(C(Br)C2CC2C)cc1. The summed E-state index contributed by atoms with van der Waals surface area (Å²) in [5, 5.41) is 0. The molecule has 0 amide bonds. The van der Waals surface area contributed by atoms with E-state index >= 15 is 0 Å². The van der Waals surface area contributed by atoms with E-state index in [9.17, 15) is 0 Å². The molecule has 0 radical (unpaired) electrons. The Morgan fingerprint density at radius 3 is 2.40 bits per heavy atom. The van der Waals surface area contributed by atoms with E-state index < -0.39 is 0 Å². The summed E-state index contributed by atoms with van der Waals surface area (Å²) in [6.45, 7) is 4.57. The molecule has 0 aromatic heterocycles. The van der Waals surface area contributed by atoms with Crippen molar-refractivity contribution in [3.63, 3.8) is 0 Å². The van der Waals surface area contributed by atoms with E-state index in [1.54, 1.807) is 0 Å².